The van der Waals surface area contributed by atoms with Crippen molar-refractivity contribution in [2.75, 3.05) is 0 Å². The Morgan fingerprint density at radius 2 is 1.47 bits per heavy atom. The quantitative estimate of drug-likeness (QED) is 0.336. The van der Waals surface area contributed by atoms with Crippen LogP contribution in [0.25, 0.3) is 22.9 Å². The Kier molecular flexibility index (Phi) is 7.32. The molecular weight excluding hydrogens is 477 g/mol. The first-order valence-electron chi connectivity index (χ1n) is 10.6. The molecule has 0 unspecified atom stereocenters. The van der Waals surface area contributed by atoms with Gasteiger partial charge in [-0.3, -0.25) is 9.59 Å². The van der Waals surface area contributed by atoms with Crippen molar-refractivity contribution < 1.29 is 23.1 Å². The van der Waals surface area contributed by atoms with Gasteiger partial charge in [-0.25, -0.2) is 9.78 Å². The second-order valence-electron chi connectivity index (χ2n) is 8.81. The van der Waals surface area contributed by atoms with Crippen LogP contribution in [0.1, 0.15) is 37.7 Å². The molecule has 0 atom stereocenters. The molecule has 8 nitrogen and oxygen atoms in total. The Morgan fingerprint density at radius 1 is 0.917 bits per heavy atom. The maximum atomic E-state index is 12.6. The molecule has 4 N–H and O–H groups in total. The van der Waals surface area contributed by atoms with Crippen LogP contribution in [-0.4, -0.2) is 37.2 Å². The van der Waals surface area contributed by atoms with E-state index in [0.717, 1.165) is 22.0 Å². The molecule has 0 amide bonds. The van der Waals surface area contributed by atoms with E-state index in [1.54, 1.807) is 18.5 Å². The van der Waals surface area contributed by atoms with Gasteiger partial charge in [-0.1, -0.05) is 63.2 Å². The molecule has 0 fully saturated rings. The van der Waals surface area contributed by atoms with E-state index in [0.29, 0.717) is 5.69 Å². The summed E-state index contributed by atoms with van der Waals surface area (Å²) in [6.45, 7) is 6.15. The molecule has 0 spiro atoms. The average Bonchev–Trinajstić information content (AvgIpc) is 3.26. The number of halogens is 3. The maximum absolute atomic E-state index is 12.6. The van der Waals surface area contributed by atoms with Crippen molar-refractivity contribution in [2.24, 2.45) is 0 Å². The van der Waals surface area contributed by atoms with E-state index < -0.39 is 12.1 Å². The Morgan fingerprint density at radius 3 is 2.06 bits per heavy atom. The second kappa shape index (κ2) is 10.1. The lowest BCUT2D eigenvalue weighted by molar-refractivity contribution is -0.192. The van der Waals surface area contributed by atoms with E-state index in [9.17, 15) is 22.8 Å². The lowest BCUT2D eigenvalue weighted by atomic mass is 9.90. The van der Waals surface area contributed by atoms with Gasteiger partial charge in [0.05, 0.1) is 12.0 Å². The minimum atomic E-state index is -5.08. The number of benzene rings is 2. The fraction of sp³-hybridized carbons (Fsp3) is 0.200. The molecule has 0 saturated carbocycles. The highest BCUT2D eigenvalue weighted by Gasteiger charge is 2.38. The monoisotopic (exact) mass is 500 g/mol. The fourth-order valence-electron chi connectivity index (χ4n) is 3.38. The van der Waals surface area contributed by atoms with Crippen molar-refractivity contribution in [3.05, 3.63) is 97.1 Å². The van der Waals surface area contributed by atoms with Gasteiger partial charge in [-0.2, -0.15) is 13.2 Å². The van der Waals surface area contributed by atoms with Crippen LogP contribution >= 0.6 is 0 Å². The zero-order valence-corrected chi connectivity index (χ0v) is 19.5. The van der Waals surface area contributed by atoms with Crippen molar-refractivity contribution in [1.29, 1.82) is 0 Å². The van der Waals surface area contributed by atoms with Gasteiger partial charge in [0.1, 0.15) is 10.7 Å². The van der Waals surface area contributed by atoms with E-state index in [-0.39, 0.29) is 27.2 Å². The molecule has 0 saturated heterocycles. The van der Waals surface area contributed by atoms with Gasteiger partial charge in [0, 0.05) is 11.1 Å². The number of H-pyrrole nitrogens is 3. The molecule has 36 heavy (non-hydrogen) atoms. The zero-order chi connectivity index (χ0) is 26.7. The predicted octanol–water partition coefficient (Wildman–Crippen LogP) is 2.53. The lowest BCUT2D eigenvalue weighted by Crippen LogP contribution is -2.46. The molecule has 4 aromatic rings. The smallest absolute Gasteiger partial charge is 0.475 e. The average molecular weight is 500 g/mol. The number of hydrogen-bond donors (Lipinski definition) is 4. The summed E-state index contributed by atoms with van der Waals surface area (Å²) in [7, 11) is 0. The van der Waals surface area contributed by atoms with Gasteiger partial charge in [-0.05, 0) is 28.5 Å². The number of alkyl halides is 3. The lowest BCUT2D eigenvalue weighted by Gasteiger charge is -2.16. The van der Waals surface area contributed by atoms with Crippen LogP contribution in [0.15, 0.2) is 58.4 Å². The number of carboxylic acids is 1. The summed E-state index contributed by atoms with van der Waals surface area (Å²) < 4.78 is 31.7. The number of fused-ring (bicyclic) bond motifs is 1. The standard InChI is InChI=1S/C23H22N4O2.C2HF3O2/c1-23(2,3)20-17(24-13-25-20)12-19-22(29)26-18(21(28)27-19)11-15-9-6-8-14-7-4-5-10-16(14)15;3-2(4,5)1(6)7/h4-13H,1-3H3,(H,24,25)(H,26,29)(H,27,28);(H,6,7)/b18-11-,19-12-;. The van der Waals surface area contributed by atoms with E-state index >= 15 is 0 Å². The van der Waals surface area contributed by atoms with Gasteiger partial charge < -0.3 is 20.1 Å². The van der Waals surface area contributed by atoms with Crippen LogP contribution in [0.2, 0.25) is 0 Å². The van der Waals surface area contributed by atoms with E-state index in [2.05, 4.69) is 19.9 Å². The Bertz CT molecular complexity index is 1640. The summed E-state index contributed by atoms with van der Waals surface area (Å²) in [5.74, 6) is -2.76. The highest BCUT2D eigenvalue weighted by Crippen LogP contribution is 2.23. The summed E-state index contributed by atoms with van der Waals surface area (Å²) in [4.78, 5) is 46.9. The van der Waals surface area contributed by atoms with Gasteiger partial charge in [0.25, 0.3) is 11.1 Å². The molecule has 11 heteroatoms. The fourth-order valence-corrected chi connectivity index (χ4v) is 3.38. The third kappa shape index (κ3) is 6.17. The van der Waals surface area contributed by atoms with Gasteiger partial charge in [0.15, 0.2) is 0 Å². The number of aromatic amines is 3. The molecule has 188 valence electrons. The number of aliphatic carboxylic acids is 1. The molecule has 2 aromatic carbocycles. The molecule has 2 heterocycles. The Labute approximate surface area is 201 Å². The first-order valence-corrected chi connectivity index (χ1v) is 10.6. The SMILES string of the molecule is CC(C)(C)c1[nH]cnc1/C=c1\[nH]c(=O)/c(=C/c2cccc3ccccc23)[nH]c1=O.O=C(O)C(F)(F)F. The first-order chi connectivity index (χ1) is 16.8. The van der Waals surface area contributed by atoms with Crippen LogP contribution in [0.3, 0.4) is 0 Å². The number of carbonyl (C=O) groups is 1. The summed E-state index contributed by atoms with van der Waals surface area (Å²) >= 11 is 0. The number of imidazole rings is 1. The summed E-state index contributed by atoms with van der Waals surface area (Å²) in [5.41, 5.74) is 1.48. The number of nitrogens with zero attached hydrogens (tertiary/aromatic N) is 1. The summed E-state index contributed by atoms with van der Waals surface area (Å²) in [6, 6.07) is 13.8. The highest BCUT2D eigenvalue weighted by atomic mass is 19.4. The summed E-state index contributed by atoms with van der Waals surface area (Å²) in [5, 5.41) is 9.58. The van der Waals surface area contributed by atoms with Gasteiger partial charge in [-0.15, -0.1) is 0 Å². The molecule has 0 radical (unpaired) electrons. The number of carboxylic acid groups (broad SMARTS) is 1. The van der Waals surface area contributed by atoms with E-state index in [1.165, 1.54) is 0 Å². The summed E-state index contributed by atoms with van der Waals surface area (Å²) in [6.07, 6.45) is -0.206. The molecule has 4 rings (SSSR count). The second-order valence-corrected chi connectivity index (χ2v) is 8.81. The van der Waals surface area contributed by atoms with Crippen molar-refractivity contribution in [3.63, 3.8) is 0 Å². The first kappa shape index (κ1) is 26.2. The van der Waals surface area contributed by atoms with Crippen molar-refractivity contribution in [2.45, 2.75) is 32.4 Å². The molecule has 2 aromatic heterocycles. The number of hydrogen-bond acceptors (Lipinski definition) is 4. The largest absolute Gasteiger partial charge is 0.490 e. The molecular formula is C25H23F3N4O4. The van der Waals surface area contributed by atoms with Crippen molar-refractivity contribution >= 4 is 28.9 Å². The molecule has 0 aliphatic rings. The topological polar surface area (TPSA) is 132 Å². The third-order valence-corrected chi connectivity index (χ3v) is 5.05. The van der Waals surface area contributed by atoms with Crippen LogP contribution < -0.4 is 21.8 Å². The number of aromatic nitrogens is 4. The highest BCUT2D eigenvalue weighted by molar-refractivity contribution is 5.90. The minimum absolute atomic E-state index is 0.169. The molecule has 0 aliphatic carbocycles. The van der Waals surface area contributed by atoms with Crippen LogP contribution in [-0.2, 0) is 10.2 Å². The molecule has 0 bridgehead atoms. The van der Waals surface area contributed by atoms with Crippen LogP contribution in [0.5, 0.6) is 0 Å². The van der Waals surface area contributed by atoms with Gasteiger partial charge >= 0.3 is 12.1 Å². The zero-order valence-electron chi connectivity index (χ0n) is 19.5. The normalized spacial score (nSPS) is 12.9. The van der Waals surface area contributed by atoms with E-state index in [1.807, 2.05) is 63.2 Å². The van der Waals surface area contributed by atoms with Gasteiger partial charge in [0.2, 0.25) is 0 Å². The van der Waals surface area contributed by atoms with E-state index in [4.69, 9.17) is 9.90 Å². The van der Waals surface area contributed by atoms with Crippen molar-refractivity contribution in [1.82, 2.24) is 19.9 Å². The third-order valence-electron chi connectivity index (χ3n) is 5.05. The van der Waals surface area contributed by atoms with Crippen molar-refractivity contribution in [3.8, 4) is 0 Å². The number of nitrogens with one attached hydrogen (secondary N) is 3. The minimum Gasteiger partial charge on any atom is -0.475 e. The Balaban J connectivity index is 0.000000454. The number of rotatable bonds is 2. The van der Waals surface area contributed by atoms with Crippen LogP contribution in [0, 0.1) is 0 Å². The maximum Gasteiger partial charge on any atom is 0.490 e. The van der Waals surface area contributed by atoms with Crippen LogP contribution in [0.4, 0.5) is 13.2 Å². The predicted molar refractivity (Wildman–Crippen MR) is 129 cm³/mol. The Hall–Kier alpha value is -4.41. The molecule has 0 aliphatic heterocycles.